The van der Waals surface area contributed by atoms with Gasteiger partial charge in [-0.1, -0.05) is 18.2 Å². The van der Waals surface area contributed by atoms with E-state index in [4.69, 9.17) is 0 Å². The van der Waals surface area contributed by atoms with Crippen LogP contribution in [0, 0.1) is 11.3 Å². The van der Waals surface area contributed by atoms with Gasteiger partial charge in [-0.25, -0.2) is 0 Å². The van der Waals surface area contributed by atoms with Gasteiger partial charge in [0, 0.05) is 41.0 Å². The van der Waals surface area contributed by atoms with E-state index in [1.165, 1.54) is 11.8 Å². The number of Topliss-reactive ketones (excluding diaryl/α,β-unsaturated/α-hetero) is 1. The van der Waals surface area contributed by atoms with Crippen molar-refractivity contribution >= 4 is 34.0 Å². The first-order chi connectivity index (χ1) is 9.58. The summed E-state index contributed by atoms with van der Waals surface area (Å²) in [6, 6.07) is 10.2. The molecule has 0 unspecified atom stereocenters. The number of aryl methyl sites for hydroxylation is 1. The molecule has 3 nitrogen and oxygen atoms in total. The van der Waals surface area contributed by atoms with Crippen molar-refractivity contribution in [3.63, 3.8) is 0 Å². The summed E-state index contributed by atoms with van der Waals surface area (Å²) in [6.45, 7) is 1.55. The van der Waals surface area contributed by atoms with Gasteiger partial charge < -0.3 is 4.57 Å². The molecule has 1 aromatic carbocycles. The number of rotatable bonds is 4. The van der Waals surface area contributed by atoms with E-state index in [0.29, 0.717) is 12.0 Å². The number of nitriles is 1. The Balaban J connectivity index is 2.69. The van der Waals surface area contributed by atoms with Crippen molar-refractivity contribution in [2.75, 3.05) is 6.26 Å². The second-order valence-electron chi connectivity index (χ2n) is 4.66. The van der Waals surface area contributed by atoms with Gasteiger partial charge in [0.1, 0.15) is 11.9 Å². The average molecular weight is 284 g/mol. The Kier molecular flexibility index (Phi) is 4.31. The van der Waals surface area contributed by atoms with E-state index in [0.717, 1.165) is 21.4 Å². The Labute approximate surface area is 122 Å². The number of fused-ring (bicyclic) bond motifs is 1. The number of para-hydroxylation sites is 1. The molecule has 0 saturated carbocycles. The number of hydrogen-bond donors (Lipinski definition) is 0. The Morgan fingerprint density at radius 3 is 2.70 bits per heavy atom. The SMILES string of the molecule is CS/C(CC(C)=O)=C(\C#N)c1cn(C)c2ccccc12. The summed E-state index contributed by atoms with van der Waals surface area (Å²) in [6.07, 6.45) is 4.17. The molecule has 0 radical (unpaired) electrons. The number of carbonyl (C=O) groups is 1. The van der Waals surface area contributed by atoms with Crippen molar-refractivity contribution in [2.24, 2.45) is 7.05 Å². The summed E-state index contributed by atoms with van der Waals surface area (Å²) in [5.41, 5.74) is 2.58. The summed E-state index contributed by atoms with van der Waals surface area (Å²) in [5.74, 6) is 0.0716. The fourth-order valence-electron chi connectivity index (χ4n) is 2.30. The lowest BCUT2D eigenvalue weighted by Crippen LogP contribution is -1.94. The van der Waals surface area contributed by atoms with Crippen LogP contribution in [-0.4, -0.2) is 16.6 Å². The lowest BCUT2D eigenvalue weighted by molar-refractivity contribution is -0.116. The van der Waals surface area contributed by atoms with Crippen LogP contribution < -0.4 is 0 Å². The minimum absolute atomic E-state index is 0.0716. The highest BCUT2D eigenvalue weighted by Crippen LogP contribution is 2.33. The topological polar surface area (TPSA) is 45.8 Å². The van der Waals surface area contributed by atoms with E-state index in [2.05, 4.69) is 6.07 Å². The molecule has 4 heteroatoms. The van der Waals surface area contributed by atoms with Crippen molar-refractivity contribution in [1.82, 2.24) is 4.57 Å². The third kappa shape index (κ3) is 2.63. The van der Waals surface area contributed by atoms with Crippen molar-refractivity contribution in [2.45, 2.75) is 13.3 Å². The van der Waals surface area contributed by atoms with E-state index in [1.807, 2.05) is 48.3 Å². The molecule has 0 aliphatic heterocycles. The molecule has 0 bridgehead atoms. The van der Waals surface area contributed by atoms with Crippen molar-refractivity contribution in [3.05, 3.63) is 40.9 Å². The Bertz CT molecular complexity index is 735. The fourth-order valence-corrected chi connectivity index (χ4v) is 3.01. The Morgan fingerprint density at radius 2 is 2.10 bits per heavy atom. The third-order valence-electron chi connectivity index (χ3n) is 3.21. The van der Waals surface area contributed by atoms with E-state index < -0.39 is 0 Å². The number of carbonyl (C=O) groups excluding carboxylic acids is 1. The number of ketones is 1. The van der Waals surface area contributed by atoms with Crippen LogP contribution >= 0.6 is 11.8 Å². The highest BCUT2D eigenvalue weighted by atomic mass is 32.2. The quantitative estimate of drug-likeness (QED) is 0.803. The molecule has 2 rings (SSSR count). The molecule has 0 saturated heterocycles. The van der Waals surface area contributed by atoms with Crippen LogP contribution in [0.3, 0.4) is 0 Å². The first-order valence-electron chi connectivity index (χ1n) is 6.29. The molecule has 0 fully saturated rings. The van der Waals surface area contributed by atoms with Gasteiger partial charge in [-0.05, 0) is 19.2 Å². The highest BCUT2D eigenvalue weighted by molar-refractivity contribution is 8.02. The van der Waals surface area contributed by atoms with Gasteiger partial charge in [-0.15, -0.1) is 11.8 Å². The average Bonchev–Trinajstić information content (AvgIpc) is 2.76. The normalized spacial score (nSPS) is 12.1. The molecule has 0 spiro atoms. The number of hydrogen-bond acceptors (Lipinski definition) is 3. The molecular formula is C16H16N2OS. The van der Waals surface area contributed by atoms with Crippen LogP contribution in [-0.2, 0) is 11.8 Å². The van der Waals surface area contributed by atoms with Crippen LogP contribution in [0.5, 0.6) is 0 Å². The number of aromatic nitrogens is 1. The van der Waals surface area contributed by atoms with Gasteiger partial charge in [0.15, 0.2) is 0 Å². The molecular weight excluding hydrogens is 268 g/mol. The van der Waals surface area contributed by atoms with Crippen LogP contribution in [0.2, 0.25) is 0 Å². The first-order valence-corrected chi connectivity index (χ1v) is 7.52. The van der Waals surface area contributed by atoms with Crippen LogP contribution in [0.25, 0.3) is 16.5 Å². The molecule has 0 aliphatic carbocycles. The summed E-state index contributed by atoms with van der Waals surface area (Å²) in [5, 5.41) is 10.6. The van der Waals surface area contributed by atoms with Crippen LogP contribution in [0.1, 0.15) is 18.9 Å². The molecule has 102 valence electrons. The van der Waals surface area contributed by atoms with E-state index >= 15 is 0 Å². The first kappa shape index (κ1) is 14.4. The predicted molar refractivity (Wildman–Crippen MR) is 84.3 cm³/mol. The van der Waals surface area contributed by atoms with Gasteiger partial charge in [-0.3, -0.25) is 4.79 Å². The summed E-state index contributed by atoms with van der Waals surface area (Å²) < 4.78 is 2.01. The van der Waals surface area contributed by atoms with Crippen molar-refractivity contribution in [3.8, 4) is 6.07 Å². The number of allylic oxidation sites excluding steroid dienone is 2. The number of nitrogens with zero attached hydrogens (tertiary/aromatic N) is 2. The maximum Gasteiger partial charge on any atom is 0.134 e. The minimum Gasteiger partial charge on any atom is -0.350 e. The van der Waals surface area contributed by atoms with Crippen LogP contribution in [0.15, 0.2) is 35.4 Å². The monoisotopic (exact) mass is 284 g/mol. The molecule has 1 heterocycles. The molecule has 0 aliphatic rings. The molecule has 0 atom stereocenters. The maximum absolute atomic E-state index is 11.4. The fraction of sp³-hybridized carbons (Fsp3) is 0.250. The van der Waals surface area contributed by atoms with E-state index in [9.17, 15) is 10.1 Å². The maximum atomic E-state index is 11.4. The van der Waals surface area contributed by atoms with Gasteiger partial charge >= 0.3 is 0 Å². The zero-order chi connectivity index (χ0) is 14.7. The smallest absolute Gasteiger partial charge is 0.134 e. The lowest BCUT2D eigenvalue weighted by atomic mass is 10.0. The zero-order valence-corrected chi connectivity index (χ0v) is 12.6. The minimum atomic E-state index is 0.0716. The zero-order valence-electron chi connectivity index (χ0n) is 11.8. The van der Waals surface area contributed by atoms with Gasteiger partial charge in [0.2, 0.25) is 0 Å². The molecule has 0 amide bonds. The van der Waals surface area contributed by atoms with E-state index in [1.54, 1.807) is 6.92 Å². The second kappa shape index (κ2) is 5.98. The summed E-state index contributed by atoms with van der Waals surface area (Å²) >= 11 is 1.47. The van der Waals surface area contributed by atoms with Gasteiger partial charge in [-0.2, -0.15) is 5.26 Å². The van der Waals surface area contributed by atoms with Crippen LogP contribution in [0.4, 0.5) is 0 Å². The highest BCUT2D eigenvalue weighted by Gasteiger charge is 2.15. The molecule has 1 aromatic heterocycles. The summed E-state index contributed by atoms with van der Waals surface area (Å²) in [4.78, 5) is 12.2. The molecule has 0 N–H and O–H groups in total. The predicted octanol–water partition coefficient (Wildman–Crippen LogP) is 3.76. The van der Waals surface area contributed by atoms with Gasteiger partial charge in [0.25, 0.3) is 0 Å². The van der Waals surface area contributed by atoms with Crippen molar-refractivity contribution < 1.29 is 4.79 Å². The standard InChI is InChI=1S/C16H16N2OS/c1-11(19)8-16(20-3)13(9-17)14-10-18(2)15-7-5-4-6-12(14)15/h4-7,10H,8H2,1-3H3/b16-13+. The second-order valence-corrected chi connectivity index (χ2v) is 5.56. The summed E-state index contributed by atoms with van der Waals surface area (Å²) in [7, 11) is 1.96. The Morgan fingerprint density at radius 1 is 1.40 bits per heavy atom. The molecule has 2 aromatic rings. The van der Waals surface area contributed by atoms with Crippen molar-refractivity contribution in [1.29, 1.82) is 5.26 Å². The van der Waals surface area contributed by atoms with Gasteiger partial charge in [0.05, 0.1) is 5.57 Å². The number of benzene rings is 1. The lowest BCUT2D eigenvalue weighted by Gasteiger charge is -2.05. The van der Waals surface area contributed by atoms with E-state index in [-0.39, 0.29) is 5.78 Å². The Hall–Kier alpha value is -1.99. The largest absolute Gasteiger partial charge is 0.350 e. The number of thioether (sulfide) groups is 1. The molecule has 20 heavy (non-hydrogen) atoms. The third-order valence-corrected chi connectivity index (χ3v) is 4.05.